The molecular formula is C51H4. The lowest BCUT2D eigenvalue weighted by atomic mass is 10.4. The minimum Gasteiger partial charge on any atom is -0.106 e. The second-order valence-electron chi connectivity index (χ2n) is 6.27. The Morgan fingerprint density at radius 2 is 0.255 bits per heavy atom. The van der Waals surface area contributed by atoms with Gasteiger partial charge in [-0.25, -0.2) is 0 Å². The first-order chi connectivity index (χ1) is 25.4. The van der Waals surface area contributed by atoms with E-state index in [1.807, 2.05) is 0 Å². The predicted octanol–water partition coefficient (Wildman–Crippen LogP) is 0.721. The van der Waals surface area contributed by atoms with Gasteiger partial charge < -0.3 is 0 Å². The maximum Gasteiger partial charge on any atom is 0 e. The van der Waals surface area contributed by atoms with Gasteiger partial charge in [0.2, 0.25) is 0 Å². The van der Waals surface area contributed by atoms with Crippen molar-refractivity contribution < 1.29 is 0 Å². The molecule has 0 N–H and O–H groups in total. The van der Waals surface area contributed by atoms with Crippen LogP contribution in [-0.4, -0.2) is 0 Å². The lowest BCUT2D eigenvalue weighted by Crippen LogP contribution is -1.57. The van der Waals surface area contributed by atoms with Crippen LogP contribution in [0.15, 0.2) is 0 Å². The van der Waals surface area contributed by atoms with Crippen LogP contribution in [0.3, 0.4) is 0 Å². The summed E-state index contributed by atoms with van der Waals surface area (Å²) >= 11 is 0. The highest BCUT2D eigenvalue weighted by molar-refractivity contribution is 5.51. The summed E-state index contributed by atoms with van der Waals surface area (Å²) in [7, 11) is 0. The van der Waals surface area contributed by atoms with Crippen molar-refractivity contribution in [3.8, 4) is 297 Å². The Balaban J connectivity index is 4.56. The van der Waals surface area contributed by atoms with Crippen LogP contribution in [0.2, 0.25) is 0 Å². The van der Waals surface area contributed by atoms with E-state index in [4.69, 9.17) is 6.42 Å². The van der Waals surface area contributed by atoms with E-state index in [-0.39, 0.29) is 0 Å². The summed E-state index contributed by atoms with van der Waals surface area (Å²) in [5.41, 5.74) is 0. The first-order valence-corrected chi connectivity index (χ1v) is 12.8. The molecule has 0 nitrogen and oxygen atoms in total. The fourth-order valence-electron chi connectivity index (χ4n) is 1.50. The van der Waals surface area contributed by atoms with Crippen molar-refractivity contribution >= 4 is 0 Å². The largest absolute Gasteiger partial charge is 0.106 e. The number of rotatable bonds is 0. The molecule has 51 heavy (non-hydrogen) atoms. The molecule has 0 aliphatic carbocycles. The molecule has 0 spiro atoms. The van der Waals surface area contributed by atoms with Gasteiger partial charge in [-0.15, -0.1) is 6.42 Å². The van der Waals surface area contributed by atoms with Crippen molar-refractivity contribution in [2.45, 2.75) is 6.92 Å². The molecule has 0 heteroatoms. The maximum absolute atomic E-state index is 4.94. The quantitative estimate of drug-likeness (QED) is 0.353. The smallest absolute Gasteiger partial charge is 0 e. The molecule has 0 fully saturated rings. The van der Waals surface area contributed by atoms with Gasteiger partial charge in [-0.3, -0.25) is 0 Å². The molecule has 0 saturated heterocycles. The summed E-state index contributed by atoms with van der Waals surface area (Å²) in [5.74, 6) is 122. The van der Waals surface area contributed by atoms with Crippen LogP contribution in [-0.2, 0) is 0 Å². The van der Waals surface area contributed by atoms with Crippen LogP contribution in [0.25, 0.3) is 0 Å². The van der Waals surface area contributed by atoms with Crippen molar-refractivity contribution in [2.75, 3.05) is 0 Å². The third kappa shape index (κ3) is 39.0. The van der Waals surface area contributed by atoms with Crippen molar-refractivity contribution in [3.63, 3.8) is 0 Å². The molecule has 0 aromatic heterocycles. The van der Waals surface area contributed by atoms with Gasteiger partial charge in [0, 0.05) is 189 Å². The van der Waals surface area contributed by atoms with Crippen molar-refractivity contribution in [3.05, 3.63) is 0 Å². The van der Waals surface area contributed by atoms with E-state index in [1.165, 1.54) is 0 Å². The lowest BCUT2D eigenvalue weighted by molar-refractivity contribution is 1.92. The van der Waals surface area contributed by atoms with Crippen LogP contribution < -0.4 is 0 Å². The van der Waals surface area contributed by atoms with Crippen LogP contribution in [0.4, 0.5) is 0 Å². The predicted molar refractivity (Wildman–Crippen MR) is 201 cm³/mol. The van der Waals surface area contributed by atoms with E-state index in [9.17, 15) is 0 Å². The van der Waals surface area contributed by atoms with Gasteiger partial charge in [0.25, 0.3) is 0 Å². The first kappa shape index (κ1) is 40.0. The second-order valence-corrected chi connectivity index (χ2v) is 6.27. The second kappa shape index (κ2) is 39.0. The topological polar surface area (TPSA) is 0 Å². The normalized spacial score (nSPS) is 3.92. The highest BCUT2D eigenvalue weighted by Gasteiger charge is 1.62. The number of hydrogen-bond acceptors (Lipinski definition) is 0. The molecule has 208 valence electrons. The van der Waals surface area contributed by atoms with E-state index in [0.29, 0.717) is 0 Å². The fraction of sp³-hybridized carbons (Fsp3) is 0.0196. The molecule has 0 bridgehead atoms. The summed E-state index contributed by atoms with van der Waals surface area (Å²) in [6, 6.07) is 0. The van der Waals surface area contributed by atoms with Gasteiger partial charge in [0.1, 0.15) is 0 Å². The zero-order valence-electron chi connectivity index (χ0n) is 26.1. The summed E-state index contributed by atoms with van der Waals surface area (Å²) < 4.78 is 0. The zero-order valence-corrected chi connectivity index (χ0v) is 26.1. The highest BCUT2D eigenvalue weighted by Crippen LogP contribution is 1.62. The fourth-order valence-corrected chi connectivity index (χ4v) is 1.50. The average Bonchev–Trinajstić information content (AvgIpc) is 3.14. The Morgan fingerprint density at radius 1 is 0.157 bits per heavy atom. The molecule has 0 aromatic rings. The first-order valence-electron chi connectivity index (χ1n) is 12.8. The van der Waals surface area contributed by atoms with Gasteiger partial charge in [-0.05, 0) is 102 Å². The van der Waals surface area contributed by atoms with E-state index in [1.54, 1.807) is 6.92 Å². The van der Waals surface area contributed by atoms with E-state index in [2.05, 4.69) is 290 Å². The molecule has 0 aliphatic rings. The van der Waals surface area contributed by atoms with Crippen LogP contribution in [0, 0.1) is 297 Å². The maximum atomic E-state index is 4.94. The van der Waals surface area contributed by atoms with E-state index >= 15 is 0 Å². The third-order valence-corrected chi connectivity index (χ3v) is 3.07. The molecule has 0 aliphatic heterocycles. The minimum absolute atomic E-state index is 1.69. The molecule has 0 heterocycles. The van der Waals surface area contributed by atoms with E-state index in [0.717, 1.165) is 0 Å². The van der Waals surface area contributed by atoms with Crippen LogP contribution in [0.5, 0.6) is 0 Å². The zero-order chi connectivity index (χ0) is 36.6. The lowest BCUT2D eigenvalue weighted by Gasteiger charge is -1.57. The van der Waals surface area contributed by atoms with Crippen LogP contribution in [0.1, 0.15) is 6.92 Å². The average molecular weight is 617 g/mol. The van der Waals surface area contributed by atoms with Crippen molar-refractivity contribution in [1.29, 1.82) is 0 Å². The summed E-state index contributed by atoms with van der Waals surface area (Å²) in [6.07, 6.45) is 4.94. The van der Waals surface area contributed by atoms with E-state index < -0.39 is 0 Å². The molecule has 0 radical (unpaired) electrons. The van der Waals surface area contributed by atoms with Gasteiger partial charge >= 0.3 is 0 Å². The molecular weight excluding hydrogens is 613 g/mol. The van der Waals surface area contributed by atoms with Crippen LogP contribution >= 0.6 is 0 Å². The summed E-state index contributed by atoms with van der Waals surface area (Å²) in [6.45, 7) is 1.69. The monoisotopic (exact) mass is 616 g/mol. The number of hydrogen-bond donors (Lipinski definition) is 0. The molecule has 0 unspecified atom stereocenters. The summed E-state index contributed by atoms with van der Waals surface area (Å²) in [5, 5.41) is 0. The SMILES string of the molecule is C#CC#CC#CC#CC#CC#CC#CC#CC#CC#CC#CC#CC#CC#CC#CC#CC#CC#CC#CC#CC#CC#CC#CC#CC#CC. The minimum atomic E-state index is 1.69. The highest BCUT2D eigenvalue weighted by atomic mass is 13.6. The Hall–Kier alpha value is -11.0. The molecule has 0 rings (SSSR count). The van der Waals surface area contributed by atoms with Gasteiger partial charge in [0.05, 0.1) is 0 Å². The van der Waals surface area contributed by atoms with Gasteiger partial charge in [0.15, 0.2) is 0 Å². The molecule has 0 atom stereocenters. The van der Waals surface area contributed by atoms with Crippen molar-refractivity contribution in [2.24, 2.45) is 0 Å². The Morgan fingerprint density at radius 3 is 0.353 bits per heavy atom. The molecule has 0 saturated carbocycles. The Bertz CT molecular complexity index is 3110. The standard InChI is InChI=1S/C51H4/c1-3-5-7-9-11-13-15-17-19-21-23-25-27-29-31-33-35-37-39-41-43-45-47-49-51-50-48-46-44-42-40-38-36-34-32-30-28-26-24-22-20-18-16-14-12-10-8-6-4-2/h1H,2H3. The third-order valence-electron chi connectivity index (χ3n) is 3.07. The van der Waals surface area contributed by atoms with Gasteiger partial charge in [-0.1, -0.05) is 5.92 Å². The molecule has 0 amide bonds. The Labute approximate surface area is 302 Å². The number of terminal acetylenes is 1. The van der Waals surface area contributed by atoms with Gasteiger partial charge in [-0.2, -0.15) is 0 Å². The molecule has 0 aromatic carbocycles. The summed E-state index contributed by atoms with van der Waals surface area (Å²) in [4.78, 5) is 0. The Kier molecular flexibility index (Phi) is 30.6. The van der Waals surface area contributed by atoms with Crippen molar-refractivity contribution in [1.82, 2.24) is 0 Å².